The number of ether oxygens (including phenoxy) is 1. The third kappa shape index (κ3) is 1.29. The number of hydrogen-bond acceptors (Lipinski definition) is 2. The van der Waals surface area contributed by atoms with Crippen LogP contribution in [0.25, 0.3) is 0 Å². The standard InChI is InChI=1S/C15H17NO/c1-11-3-4-13(12(2)7-11)15(9-17-10-15)14(8-16)5-6-14/h3-4,7H,5-6,9-10H2,1-2H3. The van der Waals surface area contributed by atoms with Gasteiger partial charge in [-0.05, 0) is 37.8 Å². The van der Waals surface area contributed by atoms with Crippen LogP contribution in [-0.4, -0.2) is 13.2 Å². The van der Waals surface area contributed by atoms with Gasteiger partial charge in [-0.25, -0.2) is 0 Å². The van der Waals surface area contributed by atoms with Crippen LogP contribution in [0.2, 0.25) is 0 Å². The minimum atomic E-state index is -0.148. The van der Waals surface area contributed by atoms with Crippen LogP contribution < -0.4 is 0 Å². The molecule has 1 aromatic carbocycles. The molecule has 0 spiro atoms. The van der Waals surface area contributed by atoms with Crippen molar-refractivity contribution >= 4 is 0 Å². The Kier molecular flexibility index (Phi) is 2.12. The molecule has 2 heteroatoms. The summed E-state index contributed by atoms with van der Waals surface area (Å²) in [6.45, 7) is 5.68. The highest BCUT2D eigenvalue weighted by molar-refractivity contribution is 5.44. The van der Waals surface area contributed by atoms with Crippen LogP contribution in [0.4, 0.5) is 0 Å². The Morgan fingerprint density at radius 1 is 1.24 bits per heavy atom. The lowest BCUT2D eigenvalue weighted by Crippen LogP contribution is -2.53. The summed E-state index contributed by atoms with van der Waals surface area (Å²) in [4.78, 5) is 0. The van der Waals surface area contributed by atoms with Crippen LogP contribution in [0.15, 0.2) is 18.2 Å². The van der Waals surface area contributed by atoms with Crippen molar-refractivity contribution in [3.63, 3.8) is 0 Å². The fraction of sp³-hybridized carbons (Fsp3) is 0.533. The Bertz CT molecular complexity index is 504. The van der Waals surface area contributed by atoms with Gasteiger partial charge in [-0.1, -0.05) is 23.8 Å². The van der Waals surface area contributed by atoms with E-state index in [4.69, 9.17) is 4.74 Å². The Balaban J connectivity index is 2.10. The zero-order chi connectivity index (χ0) is 12.1. The summed E-state index contributed by atoms with van der Waals surface area (Å²) in [6.07, 6.45) is 2.06. The maximum absolute atomic E-state index is 9.46. The van der Waals surface area contributed by atoms with E-state index in [1.54, 1.807) is 0 Å². The first kappa shape index (κ1) is 10.8. The van der Waals surface area contributed by atoms with Crippen molar-refractivity contribution in [1.29, 1.82) is 5.26 Å². The molecule has 0 unspecified atom stereocenters. The van der Waals surface area contributed by atoms with E-state index in [9.17, 15) is 5.26 Å². The summed E-state index contributed by atoms with van der Waals surface area (Å²) in [5.41, 5.74) is 3.73. The normalized spacial score (nSPS) is 23.6. The minimum absolute atomic E-state index is 0.0282. The third-order valence-corrected chi connectivity index (χ3v) is 4.47. The molecule has 0 amide bonds. The molecule has 0 radical (unpaired) electrons. The molecule has 2 aliphatic rings. The third-order valence-electron chi connectivity index (χ3n) is 4.47. The van der Waals surface area contributed by atoms with Gasteiger partial charge in [0.25, 0.3) is 0 Å². The van der Waals surface area contributed by atoms with Crippen molar-refractivity contribution in [3.05, 3.63) is 34.9 Å². The van der Waals surface area contributed by atoms with Gasteiger partial charge in [0.1, 0.15) is 0 Å². The maximum atomic E-state index is 9.46. The second-order valence-electron chi connectivity index (χ2n) is 5.59. The van der Waals surface area contributed by atoms with Gasteiger partial charge in [0.15, 0.2) is 0 Å². The SMILES string of the molecule is Cc1ccc(C2(C3(C#N)CC3)COC2)c(C)c1. The molecule has 1 saturated heterocycles. The fourth-order valence-electron chi connectivity index (χ4n) is 3.17. The van der Waals surface area contributed by atoms with E-state index in [1.807, 2.05) is 0 Å². The first-order valence-corrected chi connectivity index (χ1v) is 6.20. The van der Waals surface area contributed by atoms with Gasteiger partial charge in [-0.2, -0.15) is 5.26 Å². The lowest BCUT2D eigenvalue weighted by atomic mass is 9.65. The highest BCUT2D eigenvalue weighted by atomic mass is 16.5. The number of hydrogen-bond donors (Lipinski definition) is 0. The lowest BCUT2D eigenvalue weighted by Gasteiger charge is -2.46. The van der Waals surface area contributed by atoms with Crippen molar-refractivity contribution in [1.82, 2.24) is 0 Å². The molecule has 0 atom stereocenters. The Morgan fingerprint density at radius 3 is 2.35 bits per heavy atom. The molecule has 2 nitrogen and oxygen atoms in total. The maximum Gasteiger partial charge on any atom is 0.0716 e. The van der Waals surface area contributed by atoms with Gasteiger partial charge in [-0.3, -0.25) is 0 Å². The van der Waals surface area contributed by atoms with Crippen LogP contribution in [-0.2, 0) is 10.2 Å². The van der Waals surface area contributed by atoms with Gasteiger partial charge in [0.05, 0.1) is 30.1 Å². The summed E-state index contributed by atoms with van der Waals surface area (Å²) >= 11 is 0. The molecule has 0 N–H and O–H groups in total. The molecule has 0 bridgehead atoms. The predicted octanol–water partition coefficient (Wildman–Crippen LogP) is 2.88. The van der Waals surface area contributed by atoms with Gasteiger partial charge in [0, 0.05) is 0 Å². The average molecular weight is 227 g/mol. The highest BCUT2D eigenvalue weighted by Gasteiger charge is 2.64. The molecular formula is C15H17NO. The summed E-state index contributed by atoms with van der Waals surface area (Å²) in [5.74, 6) is 0. The number of nitrogens with zero attached hydrogens (tertiary/aromatic N) is 1. The Morgan fingerprint density at radius 2 is 1.94 bits per heavy atom. The minimum Gasteiger partial charge on any atom is -0.379 e. The lowest BCUT2D eigenvalue weighted by molar-refractivity contribution is -0.0870. The number of aryl methyl sites for hydroxylation is 2. The van der Waals surface area contributed by atoms with Crippen molar-refractivity contribution in [2.45, 2.75) is 32.1 Å². The van der Waals surface area contributed by atoms with E-state index >= 15 is 0 Å². The van der Waals surface area contributed by atoms with Crippen LogP contribution in [0.3, 0.4) is 0 Å². The van der Waals surface area contributed by atoms with E-state index in [-0.39, 0.29) is 10.8 Å². The van der Waals surface area contributed by atoms with Gasteiger partial charge >= 0.3 is 0 Å². The molecule has 17 heavy (non-hydrogen) atoms. The van der Waals surface area contributed by atoms with Gasteiger partial charge < -0.3 is 4.74 Å². The molecule has 0 aromatic heterocycles. The average Bonchev–Trinajstić information content (AvgIpc) is 3.01. The zero-order valence-electron chi connectivity index (χ0n) is 10.4. The second kappa shape index (κ2) is 3.34. The van der Waals surface area contributed by atoms with Crippen molar-refractivity contribution in [2.75, 3.05) is 13.2 Å². The fourth-order valence-corrected chi connectivity index (χ4v) is 3.17. The highest BCUT2D eigenvalue weighted by Crippen LogP contribution is 2.62. The zero-order valence-corrected chi connectivity index (χ0v) is 10.4. The van der Waals surface area contributed by atoms with E-state index in [0.29, 0.717) is 13.2 Å². The molecular weight excluding hydrogens is 210 g/mol. The second-order valence-corrected chi connectivity index (χ2v) is 5.59. The smallest absolute Gasteiger partial charge is 0.0716 e. The predicted molar refractivity (Wildman–Crippen MR) is 65.7 cm³/mol. The monoisotopic (exact) mass is 227 g/mol. The molecule has 1 saturated carbocycles. The van der Waals surface area contributed by atoms with Gasteiger partial charge in [0.2, 0.25) is 0 Å². The van der Waals surface area contributed by atoms with E-state index < -0.39 is 0 Å². The van der Waals surface area contributed by atoms with Crippen LogP contribution in [0.1, 0.15) is 29.5 Å². The van der Waals surface area contributed by atoms with Gasteiger partial charge in [-0.15, -0.1) is 0 Å². The largest absolute Gasteiger partial charge is 0.379 e. The molecule has 1 aliphatic carbocycles. The summed E-state index contributed by atoms with van der Waals surface area (Å²) in [6, 6.07) is 9.11. The van der Waals surface area contributed by atoms with Crippen LogP contribution >= 0.6 is 0 Å². The molecule has 88 valence electrons. The molecule has 1 aromatic rings. The molecule has 3 rings (SSSR count). The van der Waals surface area contributed by atoms with E-state index in [0.717, 1.165) is 12.8 Å². The molecule has 1 heterocycles. The quantitative estimate of drug-likeness (QED) is 0.778. The van der Waals surface area contributed by atoms with Crippen molar-refractivity contribution in [2.24, 2.45) is 5.41 Å². The Labute approximate surface area is 102 Å². The van der Waals surface area contributed by atoms with Crippen LogP contribution in [0, 0.1) is 30.6 Å². The summed E-state index contributed by atoms with van der Waals surface area (Å²) < 4.78 is 5.45. The number of benzene rings is 1. The first-order chi connectivity index (χ1) is 8.13. The van der Waals surface area contributed by atoms with Crippen molar-refractivity contribution in [3.8, 4) is 6.07 Å². The Hall–Kier alpha value is -1.33. The van der Waals surface area contributed by atoms with Crippen molar-refractivity contribution < 1.29 is 4.74 Å². The summed E-state index contributed by atoms with van der Waals surface area (Å²) in [5, 5.41) is 9.46. The molecule has 1 aliphatic heterocycles. The molecule has 2 fully saturated rings. The van der Waals surface area contributed by atoms with Crippen LogP contribution in [0.5, 0.6) is 0 Å². The first-order valence-electron chi connectivity index (χ1n) is 6.20. The van der Waals surface area contributed by atoms with E-state index in [2.05, 4.69) is 38.1 Å². The number of nitriles is 1. The van der Waals surface area contributed by atoms with E-state index in [1.165, 1.54) is 16.7 Å². The topological polar surface area (TPSA) is 33.0 Å². The number of rotatable bonds is 2. The summed E-state index contributed by atoms with van der Waals surface area (Å²) in [7, 11) is 0.